The Balaban J connectivity index is 1.81. The van der Waals surface area contributed by atoms with Crippen molar-refractivity contribution in [3.05, 3.63) is 28.2 Å². The van der Waals surface area contributed by atoms with Crippen LogP contribution < -0.4 is 5.32 Å². The van der Waals surface area contributed by atoms with Crippen LogP contribution in [0.1, 0.15) is 68.1 Å². The minimum absolute atomic E-state index is 0.184. The second kappa shape index (κ2) is 8.85. The summed E-state index contributed by atoms with van der Waals surface area (Å²) in [5.41, 5.74) is 0.409. The first-order valence-corrected chi connectivity index (χ1v) is 11.8. The van der Waals surface area contributed by atoms with Crippen LogP contribution in [0.5, 0.6) is 0 Å². The zero-order valence-corrected chi connectivity index (χ0v) is 17.4. The molecule has 1 aromatic rings. The second-order valence-corrected chi connectivity index (χ2v) is 10.0. The molecule has 2 fully saturated rings. The number of nitrogens with zero attached hydrogens (tertiary/aromatic N) is 1. The van der Waals surface area contributed by atoms with Gasteiger partial charge in [0.2, 0.25) is 10.0 Å². The Morgan fingerprint density at radius 2 is 1.62 bits per heavy atom. The van der Waals surface area contributed by atoms with Gasteiger partial charge in [0.1, 0.15) is 0 Å². The van der Waals surface area contributed by atoms with Crippen molar-refractivity contribution in [2.45, 2.75) is 68.7 Å². The summed E-state index contributed by atoms with van der Waals surface area (Å²) in [5, 5.41) is 3.06. The fourth-order valence-electron chi connectivity index (χ4n) is 3.78. The van der Waals surface area contributed by atoms with Gasteiger partial charge in [-0.15, -0.1) is 0 Å². The molecule has 1 aromatic carbocycles. The van der Waals surface area contributed by atoms with Crippen LogP contribution in [-0.2, 0) is 10.0 Å². The van der Waals surface area contributed by atoms with Crippen molar-refractivity contribution in [3.8, 4) is 0 Å². The number of hydrogen-bond donors (Lipinski definition) is 1. The van der Waals surface area contributed by atoms with Crippen molar-refractivity contribution in [2.75, 3.05) is 13.1 Å². The third-order valence-corrected chi connectivity index (χ3v) is 8.21. The van der Waals surface area contributed by atoms with Gasteiger partial charge in [-0.3, -0.25) is 4.79 Å². The van der Waals surface area contributed by atoms with Gasteiger partial charge in [-0.2, -0.15) is 4.31 Å². The molecule has 0 atom stereocenters. The summed E-state index contributed by atoms with van der Waals surface area (Å²) in [6, 6.07) is 5.07. The van der Waals surface area contributed by atoms with Crippen LogP contribution >= 0.6 is 15.9 Å². The van der Waals surface area contributed by atoms with E-state index in [1.807, 2.05) is 0 Å². The summed E-state index contributed by atoms with van der Waals surface area (Å²) in [7, 11) is -3.60. The minimum Gasteiger partial charge on any atom is -0.349 e. The lowest BCUT2D eigenvalue weighted by atomic mass is 9.95. The number of hydrogen-bond acceptors (Lipinski definition) is 3. The third-order valence-electron chi connectivity index (χ3n) is 5.32. The van der Waals surface area contributed by atoms with Crippen molar-refractivity contribution < 1.29 is 13.2 Å². The predicted octanol–water partition coefficient (Wildman–Crippen LogP) is 4.08. The van der Waals surface area contributed by atoms with Crippen molar-refractivity contribution in [3.63, 3.8) is 0 Å². The van der Waals surface area contributed by atoms with E-state index >= 15 is 0 Å². The van der Waals surface area contributed by atoms with E-state index < -0.39 is 10.0 Å². The number of sulfonamides is 1. The van der Waals surface area contributed by atoms with Crippen LogP contribution in [0.15, 0.2) is 27.6 Å². The van der Waals surface area contributed by atoms with E-state index in [0.29, 0.717) is 23.1 Å². The van der Waals surface area contributed by atoms with Crippen molar-refractivity contribution in [1.82, 2.24) is 9.62 Å². The molecule has 1 aliphatic heterocycles. The summed E-state index contributed by atoms with van der Waals surface area (Å²) in [6.45, 7) is 1.10. The standard InChI is InChI=1S/C19H27BrN2O3S/c20-17-11-10-15(19(23)21-16-8-4-3-5-9-16)14-18(17)26(24,25)22-12-6-1-2-7-13-22/h10-11,14,16H,1-9,12-13H2,(H,21,23). The quantitative estimate of drug-likeness (QED) is 0.763. The SMILES string of the molecule is O=C(NC1CCCCC1)c1ccc(Br)c(S(=O)(=O)N2CCCCCC2)c1. The fourth-order valence-corrected chi connectivity index (χ4v) is 6.25. The van der Waals surface area contributed by atoms with Gasteiger partial charge in [-0.1, -0.05) is 32.1 Å². The Morgan fingerprint density at radius 3 is 2.27 bits per heavy atom. The van der Waals surface area contributed by atoms with E-state index in [4.69, 9.17) is 0 Å². The van der Waals surface area contributed by atoms with Crippen LogP contribution in [0, 0.1) is 0 Å². The van der Waals surface area contributed by atoms with E-state index in [2.05, 4.69) is 21.2 Å². The first-order valence-electron chi connectivity index (χ1n) is 9.59. The van der Waals surface area contributed by atoms with E-state index in [-0.39, 0.29) is 16.8 Å². The Bertz CT molecular complexity index is 737. The van der Waals surface area contributed by atoms with Gasteiger partial charge in [0.05, 0.1) is 4.90 Å². The lowest BCUT2D eigenvalue weighted by molar-refractivity contribution is 0.0927. The molecule has 0 spiro atoms. The maximum atomic E-state index is 13.1. The molecule has 5 nitrogen and oxygen atoms in total. The second-order valence-electron chi connectivity index (χ2n) is 7.27. The van der Waals surface area contributed by atoms with Crippen molar-refractivity contribution in [2.24, 2.45) is 0 Å². The largest absolute Gasteiger partial charge is 0.349 e. The molecule has 1 N–H and O–H groups in total. The topological polar surface area (TPSA) is 66.5 Å². The van der Waals surface area contributed by atoms with E-state index in [9.17, 15) is 13.2 Å². The third kappa shape index (κ3) is 4.67. The van der Waals surface area contributed by atoms with Gasteiger partial charge in [0, 0.05) is 29.2 Å². The van der Waals surface area contributed by atoms with Crippen LogP contribution in [0.25, 0.3) is 0 Å². The summed E-state index contributed by atoms with van der Waals surface area (Å²) in [6.07, 6.45) is 9.41. The van der Waals surface area contributed by atoms with Gasteiger partial charge in [0.25, 0.3) is 5.91 Å². The Morgan fingerprint density at radius 1 is 1.00 bits per heavy atom. The molecule has 3 rings (SSSR count). The summed E-state index contributed by atoms with van der Waals surface area (Å²) < 4.78 is 28.2. The highest BCUT2D eigenvalue weighted by atomic mass is 79.9. The maximum Gasteiger partial charge on any atom is 0.251 e. The molecule has 0 aromatic heterocycles. The number of nitrogens with one attached hydrogen (secondary N) is 1. The lowest BCUT2D eigenvalue weighted by Crippen LogP contribution is -2.36. The molecule has 0 unspecified atom stereocenters. The zero-order valence-electron chi connectivity index (χ0n) is 15.0. The van der Waals surface area contributed by atoms with E-state index in [0.717, 1.165) is 51.4 Å². The molecule has 1 aliphatic carbocycles. The summed E-state index contributed by atoms with van der Waals surface area (Å²) in [4.78, 5) is 12.8. The summed E-state index contributed by atoms with van der Waals surface area (Å²) >= 11 is 3.36. The van der Waals surface area contributed by atoms with Crippen LogP contribution in [0.2, 0.25) is 0 Å². The smallest absolute Gasteiger partial charge is 0.251 e. The monoisotopic (exact) mass is 442 g/mol. The van der Waals surface area contributed by atoms with Crippen LogP contribution in [0.4, 0.5) is 0 Å². The fraction of sp³-hybridized carbons (Fsp3) is 0.632. The molecule has 0 radical (unpaired) electrons. The normalized spacial score (nSPS) is 20.5. The highest BCUT2D eigenvalue weighted by Gasteiger charge is 2.28. The average molecular weight is 443 g/mol. The molecule has 1 amide bonds. The first kappa shape index (κ1) is 19.8. The average Bonchev–Trinajstić information content (AvgIpc) is 2.92. The number of amides is 1. The molecule has 1 saturated heterocycles. The summed E-state index contributed by atoms with van der Waals surface area (Å²) in [5.74, 6) is -0.184. The number of benzene rings is 1. The Hall–Kier alpha value is -0.920. The lowest BCUT2D eigenvalue weighted by Gasteiger charge is -2.23. The molecule has 2 aliphatic rings. The minimum atomic E-state index is -3.60. The highest BCUT2D eigenvalue weighted by Crippen LogP contribution is 2.28. The van der Waals surface area contributed by atoms with Gasteiger partial charge in [0.15, 0.2) is 0 Å². The molecule has 1 saturated carbocycles. The van der Waals surface area contributed by atoms with Gasteiger partial charge < -0.3 is 5.32 Å². The van der Waals surface area contributed by atoms with Crippen LogP contribution in [-0.4, -0.2) is 37.8 Å². The molecule has 1 heterocycles. The highest BCUT2D eigenvalue weighted by molar-refractivity contribution is 9.10. The van der Waals surface area contributed by atoms with Crippen molar-refractivity contribution >= 4 is 31.9 Å². The number of halogens is 1. The number of rotatable bonds is 4. The molecular weight excluding hydrogens is 416 g/mol. The molecule has 0 bridgehead atoms. The predicted molar refractivity (Wildman–Crippen MR) is 106 cm³/mol. The van der Waals surface area contributed by atoms with Crippen LogP contribution in [0.3, 0.4) is 0 Å². The number of carbonyl (C=O) groups excluding carboxylic acids is 1. The molecule has 7 heteroatoms. The maximum absolute atomic E-state index is 13.1. The Kier molecular flexibility index (Phi) is 6.75. The molecule has 26 heavy (non-hydrogen) atoms. The van der Waals surface area contributed by atoms with E-state index in [1.54, 1.807) is 16.4 Å². The van der Waals surface area contributed by atoms with Gasteiger partial charge in [-0.25, -0.2) is 8.42 Å². The molecule has 144 valence electrons. The number of carbonyl (C=O) groups is 1. The zero-order chi connectivity index (χ0) is 18.6. The Labute approximate surface area is 164 Å². The first-order chi connectivity index (χ1) is 12.5. The molecular formula is C19H27BrN2O3S. The van der Waals surface area contributed by atoms with E-state index in [1.165, 1.54) is 12.5 Å². The van der Waals surface area contributed by atoms with Crippen molar-refractivity contribution in [1.29, 1.82) is 0 Å². The van der Waals surface area contributed by atoms with Gasteiger partial charge in [-0.05, 0) is 59.8 Å². The van der Waals surface area contributed by atoms with Gasteiger partial charge >= 0.3 is 0 Å².